The fourth-order valence-electron chi connectivity index (χ4n) is 4.91. The number of hydrogen-bond donors (Lipinski definition) is 0. The Bertz CT molecular complexity index is 888. The zero-order valence-corrected chi connectivity index (χ0v) is 17.2. The van der Waals surface area contributed by atoms with E-state index in [1.807, 2.05) is 29.2 Å². The summed E-state index contributed by atoms with van der Waals surface area (Å²) < 4.78 is 19.5. The predicted octanol–water partition coefficient (Wildman–Crippen LogP) is 3.62. The molecule has 3 atom stereocenters. The number of nitrogens with zero attached hydrogens (tertiary/aromatic N) is 3. The standard InChI is InChI=1S/C23H28FN3O2/c1-25(2)23(28)27-14-18-13-26(12-17-7-4-5-10-21(17)29-3)15-20(18)22(27)16-8-6-9-19(24)11-16/h4-11,18,20,22H,12-15H2,1-3H3/t18-,20-,22-/m1/s1. The molecule has 0 aromatic heterocycles. The van der Waals surface area contributed by atoms with Crippen LogP contribution in [0.4, 0.5) is 9.18 Å². The molecule has 29 heavy (non-hydrogen) atoms. The number of fused-ring (bicyclic) bond motifs is 1. The topological polar surface area (TPSA) is 36.0 Å². The number of hydrogen-bond acceptors (Lipinski definition) is 3. The van der Waals surface area contributed by atoms with Crippen molar-refractivity contribution in [3.8, 4) is 5.75 Å². The third-order valence-corrected chi connectivity index (χ3v) is 6.14. The Morgan fingerprint density at radius 3 is 2.66 bits per heavy atom. The minimum Gasteiger partial charge on any atom is -0.496 e. The summed E-state index contributed by atoms with van der Waals surface area (Å²) in [5.41, 5.74) is 2.05. The van der Waals surface area contributed by atoms with E-state index in [2.05, 4.69) is 11.0 Å². The number of amides is 2. The van der Waals surface area contributed by atoms with Gasteiger partial charge in [-0.15, -0.1) is 0 Å². The number of methoxy groups -OCH3 is 1. The monoisotopic (exact) mass is 397 g/mol. The second-order valence-electron chi connectivity index (χ2n) is 8.26. The summed E-state index contributed by atoms with van der Waals surface area (Å²) in [4.78, 5) is 18.8. The molecule has 2 amide bonds. The average molecular weight is 397 g/mol. The fourth-order valence-corrected chi connectivity index (χ4v) is 4.91. The van der Waals surface area contributed by atoms with E-state index < -0.39 is 0 Å². The number of ether oxygens (including phenoxy) is 1. The maximum Gasteiger partial charge on any atom is 0.320 e. The predicted molar refractivity (Wildman–Crippen MR) is 110 cm³/mol. The van der Waals surface area contributed by atoms with Gasteiger partial charge in [0, 0.05) is 51.8 Å². The number of halogens is 1. The van der Waals surface area contributed by atoms with Crippen molar-refractivity contribution >= 4 is 6.03 Å². The van der Waals surface area contributed by atoms with Gasteiger partial charge in [0.2, 0.25) is 0 Å². The molecule has 2 aromatic rings. The van der Waals surface area contributed by atoms with Crippen LogP contribution in [-0.4, -0.2) is 61.6 Å². The quantitative estimate of drug-likeness (QED) is 0.791. The van der Waals surface area contributed by atoms with Crippen molar-refractivity contribution in [3.63, 3.8) is 0 Å². The Morgan fingerprint density at radius 1 is 1.14 bits per heavy atom. The van der Waals surface area contributed by atoms with E-state index in [1.165, 1.54) is 11.6 Å². The summed E-state index contributed by atoms with van der Waals surface area (Å²) in [5, 5.41) is 0. The van der Waals surface area contributed by atoms with Crippen LogP contribution in [0.2, 0.25) is 0 Å². The molecule has 0 N–H and O–H groups in total. The van der Waals surface area contributed by atoms with Crippen molar-refractivity contribution < 1.29 is 13.9 Å². The first-order valence-corrected chi connectivity index (χ1v) is 10.1. The second-order valence-corrected chi connectivity index (χ2v) is 8.26. The SMILES string of the molecule is COc1ccccc1CN1C[C@@H]2CN(C(=O)N(C)C)[C@H](c3cccc(F)c3)[C@@H]2C1. The van der Waals surface area contributed by atoms with Gasteiger partial charge in [-0.25, -0.2) is 9.18 Å². The van der Waals surface area contributed by atoms with Gasteiger partial charge >= 0.3 is 6.03 Å². The molecule has 4 rings (SSSR count). The van der Waals surface area contributed by atoms with Gasteiger partial charge in [0.15, 0.2) is 0 Å². The zero-order valence-electron chi connectivity index (χ0n) is 17.2. The first kappa shape index (κ1) is 19.7. The molecule has 0 aliphatic carbocycles. The molecule has 0 bridgehead atoms. The fraction of sp³-hybridized carbons (Fsp3) is 0.435. The van der Waals surface area contributed by atoms with E-state index in [0.29, 0.717) is 12.5 Å². The summed E-state index contributed by atoms with van der Waals surface area (Å²) in [6.45, 7) is 3.31. The molecule has 0 radical (unpaired) electrons. The molecule has 2 fully saturated rings. The lowest BCUT2D eigenvalue weighted by Crippen LogP contribution is -2.41. The van der Waals surface area contributed by atoms with Crippen molar-refractivity contribution in [2.75, 3.05) is 40.8 Å². The maximum atomic E-state index is 14.0. The first-order chi connectivity index (χ1) is 14.0. The Labute approximate surface area is 171 Å². The lowest BCUT2D eigenvalue weighted by atomic mass is 9.89. The highest BCUT2D eigenvalue weighted by molar-refractivity contribution is 5.75. The van der Waals surface area contributed by atoms with Crippen molar-refractivity contribution in [3.05, 3.63) is 65.5 Å². The van der Waals surface area contributed by atoms with Crippen LogP contribution in [0.1, 0.15) is 17.2 Å². The van der Waals surface area contributed by atoms with Crippen LogP contribution < -0.4 is 4.74 Å². The summed E-state index contributed by atoms with van der Waals surface area (Å²) >= 11 is 0. The minimum atomic E-state index is -0.257. The zero-order chi connectivity index (χ0) is 20.5. The highest BCUT2D eigenvalue weighted by Crippen LogP contribution is 2.45. The van der Waals surface area contributed by atoms with Gasteiger partial charge in [0.05, 0.1) is 13.2 Å². The van der Waals surface area contributed by atoms with Gasteiger partial charge in [-0.3, -0.25) is 4.90 Å². The van der Waals surface area contributed by atoms with E-state index in [-0.39, 0.29) is 23.8 Å². The number of urea groups is 1. The van der Waals surface area contributed by atoms with E-state index >= 15 is 0 Å². The van der Waals surface area contributed by atoms with Crippen LogP contribution in [0.5, 0.6) is 5.75 Å². The normalized spacial score (nSPS) is 23.9. The Kier molecular flexibility index (Phi) is 5.46. The third-order valence-electron chi connectivity index (χ3n) is 6.14. The molecule has 0 saturated carbocycles. The molecule has 2 saturated heterocycles. The molecule has 154 valence electrons. The van der Waals surface area contributed by atoms with Crippen molar-refractivity contribution in [2.24, 2.45) is 11.8 Å². The van der Waals surface area contributed by atoms with E-state index in [9.17, 15) is 9.18 Å². The van der Waals surface area contributed by atoms with Crippen LogP contribution in [-0.2, 0) is 6.54 Å². The van der Waals surface area contributed by atoms with Crippen LogP contribution >= 0.6 is 0 Å². The van der Waals surface area contributed by atoms with Gasteiger partial charge in [0.25, 0.3) is 0 Å². The summed E-state index contributed by atoms with van der Waals surface area (Å²) in [6.07, 6.45) is 0. The van der Waals surface area contributed by atoms with Crippen molar-refractivity contribution in [2.45, 2.75) is 12.6 Å². The lowest BCUT2D eigenvalue weighted by Gasteiger charge is -2.32. The Balaban J connectivity index is 1.58. The number of carbonyl (C=O) groups is 1. The number of benzene rings is 2. The van der Waals surface area contributed by atoms with Crippen LogP contribution in [0.15, 0.2) is 48.5 Å². The average Bonchev–Trinajstić information content (AvgIpc) is 3.24. The summed E-state index contributed by atoms with van der Waals surface area (Å²) in [5.74, 6) is 1.31. The molecule has 2 aliphatic heterocycles. The Morgan fingerprint density at radius 2 is 1.93 bits per heavy atom. The third kappa shape index (κ3) is 3.81. The van der Waals surface area contributed by atoms with Crippen LogP contribution in [0.3, 0.4) is 0 Å². The van der Waals surface area contributed by atoms with Crippen LogP contribution in [0, 0.1) is 17.7 Å². The largest absolute Gasteiger partial charge is 0.496 e. The number of carbonyl (C=O) groups excluding carboxylic acids is 1. The molecule has 2 aliphatic rings. The van der Waals surface area contributed by atoms with Gasteiger partial charge < -0.3 is 14.5 Å². The second kappa shape index (κ2) is 8.03. The number of para-hydroxylation sites is 1. The molecule has 2 aromatic carbocycles. The highest BCUT2D eigenvalue weighted by Gasteiger charge is 2.49. The van der Waals surface area contributed by atoms with E-state index in [4.69, 9.17) is 4.74 Å². The summed E-state index contributed by atoms with van der Waals surface area (Å²) in [7, 11) is 5.24. The minimum absolute atomic E-state index is 0.00931. The highest BCUT2D eigenvalue weighted by atomic mass is 19.1. The maximum absolute atomic E-state index is 14.0. The number of rotatable bonds is 4. The van der Waals surface area contributed by atoms with Crippen molar-refractivity contribution in [1.29, 1.82) is 0 Å². The van der Waals surface area contributed by atoms with Crippen LogP contribution in [0.25, 0.3) is 0 Å². The molecule has 2 heterocycles. The number of likely N-dealkylation sites (tertiary alicyclic amines) is 2. The molecular weight excluding hydrogens is 369 g/mol. The van der Waals surface area contributed by atoms with E-state index in [0.717, 1.165) is 30.9 Å². The summed E-state index contributed by atoms with van der Waals surface area (Å²) in [6, 6.07) is 14.7. The molecule has 6 heteroatoms. The molecule has 0 spiro atoms. The van der Waals surface area contributed by atoms with Gasteiger partial charge in [0.1, 0.15) is 11.6 Å². The molecule has 5 nitrogen and oxygen atoms in total. The van der Waals surface area contributed by atoms with Gasteiger partial charge in [-0.1, -0.05) is 30.3 Å². The van der Waals surface area contributed by atoms with E-state index in [1.54, 1.807) is 38.2 Å². The molecule has 0 unspecified atom stereocenters. The lowest BCUT2D eigenvalue weighted by molar-refractivity contribution is 0.151. The van der Waals surface area contributed by atoms with Gasteiger partial charge in [-0.2, -0.15) is 0 Å². The van der Waals surface area contributed by atoms with Gasteiger partial charge in [-0.05, 0) is 29.7 Å². The smallest absolute Gasteiger partial charge is 0.320 e. The van der Waals surface area contributed by atoms with Crippen molar-refractivity contribution in [1.82, 2.24) is 14.7 Å². The first-order valence-electron chi connectivity index (χ1n) is 10.1. The Hall–Kier alpha value is -2.60. The molecular formula is C23H28FN3O2.